The number of nitrogens with zero attached hydrogens (tertiary/aromatic N) is 1. The molecule has 2 fully saturated rings. The van der Waals surface area contributed by atoms with Crippen LogP contribution in [0.5, 0.6) is 0 Å². The van der Waals surface area contributed by atoms with E-state index in [4.69, 9.17) is 75.8 Å². The molecule has 0 aliphatic carbocycles. The first kappa shape index (κ1) is 116. The zero-order valence-electron chi connectivity index (χ0n) is 78.3. The molecule has 2 heterocycles. The number of hydrogen-bond acceptors (Lipinski definition) is 36. The van der Waals surface area contributed by atoms with Crippen molar-refractivity contribution in [2.75, 3.05) is 98.5 Å². The monoisotopic (exact) mass is 1900 g/mol. The van der Waals surface area contributed by atoms with Gasteiger partial charge in [0.2, 0.25) is 53.2 Å². The molecule has 2 aliphatic rings. The highest BCUT2D eigenvalue weighted by Crippen LogP contribution is 2.31. The fraction of sp³-hybridized carbons (Fsp3) is 0.713. The Morgan fingerprint density at radius 2 is 0.782 bits per heavy atom. The first-order valence-corrected chi connectivity index (χ1v) is 44.6. The number of unbranched alkanes of at least 4 members (excludes halogenated alkanes) is 7. The SMILES string of the molecule is CC(=O)NC(C(OC(C)=O)OC(C)=O)C(OCCCCCC(=O)NCCCNC(=O)CN(CC(=O)NCCCNC(=O)CCCCCOC1OC(COC(C)=O)C(OC(C)=O)C(OC(C)=O)C1NC(C)=O)C(CCCCNC(=O)OCc1ccccc1)C(=O)NCCCNC(=O)CCCCCOC1OC(COC(C)=O)C(OC(C)=O)C(OC(C)=O)C1NC(C)=O)OC(C)COC(C)=O. The van der Waals surface area contributed by atoms with Gasteiger partial charge in [-0.2, -0.15) is 0 Å². The summed E-state index contributed by atoms with van der Waals surface area (Å²) in [7, 11) is 0. The zero-order chi connectivity index (χ0) is 98.7. The molecule has 0 radical (unpaired) electrons. The third-order valence-corrected chi connectivity index (χ3v) is 19.3. The van der Waals surface area contributed by atoms with Crippen LogP contribution < -0.4 is 53.2 Å². The Morgan fingerprint density at radius 1 is 0.383 bits per heavy atom. The number of benzene rings is 1. The van der Waals surface area contributed by atoms with Gasteiger partial charge in [-0.1, -0.05) is 49.6 Å². The van der Waals surface area contributed by atoms with Gasteiger partial charge in [-0.15, -0.1) is 0 Å². The van der Waals surface area contributed by atoms with E-state index in [2.05, 4.69) is 53.2 Å². The third kappa shape index (κ3) is 52.6. The number of amides is 10. The van der Waals surface area contributed by atoms with E-state index in [0.717, 1.165) is 61.0 Å². The van der Waals surface area contributed by atoms with Crippen molar-refractivity contribution in [3.8, 4) is 0 Å². The van der Waals surface area contributed by atoms with Crippen LogP contribution >= 0.6 is 0 Å². The molecule has 46 heteroatoms. The van der Waals surface area contributed by atoms with E-state index < -0.39 is 214 Å². The van der Waals surface area contributed by atoms with Gasteiger partial charge in [0.25, 0.3) is 6.29 Å². The Labute approximate surface area is 773 Å². The highest BCUT2D eigenvalue weighted by atomic mass is 16.7. The van der Waals surface area contributed by atoms with Gasteiger partial charge < -0.3 is 129 Å². The van der Waals surface area contributed by atoms with Crippen LogP contribution in [0.15, 0.2) is 30.3 Å². The van der Waals surface area contributed by atoms with E-state index >= 15 is 0 Å². The average molecular weight is 1900 g/mol. The molecule has 14 unspecified atom stereocenters. The summed E-state index contributed by atoms with van der Waals surface area (Å²) >= 11 is 0. The van der Waals surface area contributed by atoms with Gasteiger partial charge in [0.1, 0.15) is 50.7 Å². The molecular formula is C87H137N11O35. The number of carbonyl (C=O) groups is 19. The third-order valence-electron chi connectivity index (χ3n) is 19.3. The number of esters is 9. The molecule has 133 heavy (non-hydrogen) atoms. The summed E-state index contributed by atoms with van der Waals surface area (Å²) in [6.45, 7) is 13.9. The smallest absolute Gasteiger partial charge is 0.407 e. The van der Waals surface area contributed by atoms with Crippen LogP contribution in [0, 0.1) is 0 Å². The van der Waals surface area contributed by atoms with Crippen molar-refractivity contribution >= 4 is 113 Å². The Hall–Kier alpha value is -11.3. The molecule has 2 aliphatic heterocycles. The number of ether oxygens (including phenoxy) is 16. The van der Waals surface area contributed by atoms with Crippen molar-refractivity contribution in [3.63, 3.8) is 0 Å². The Bertz CT molecular complexity index is 3850. The predicted octanol–water partition coefficient (Wildman–Crippen LogP) is 0.916. The summed E-state index contributed by atoms with van der Waals surface area (Å²) in [6, 6.07) is 4.14. The van der Waals surface area contributed by atoms with Gasteiger partial charge >= 0.3 is 59.8 Å². The molecular weight excluding hydrogens is 1760 g/mol. The quantitative estimate of drug-likeness (QED) is 0.0188. The fourth-order valence-electron chi connectivity index (χ4n) is 13.5. The maximum absolute atomic E-state index is 14.6. The molecule has 1 aromatic rings. The minimum absolute atomic E-state index is 0.00907. The molecule has 1 aromatic carbocycles. The molecule has 10 N–H and O–H groups in total. The molecule has 0 bridgehead atoms. The minimum atomic E-state index is -1.69. The highest BCUT2D eigenvalue weighted by molar-refractivity contribution is 5.86. The topological polar surface area (TPSA) is 596 Å². The fourth-order valence-corrected chi connectivity index (χ4v) is 13.5. The first-order chi connectivity index (χ1) is 63.2. The van der Waals surface area contributed by atoms with E-state index in [1.165, 1.54) is 32.6 Å². The minimum Gasteiger partial charge on any atom is -0.463 e. The highest BCUT2D eigenvalue weighted by Gasteiger charge is 2.53. The van der Waals surface area contributed by atoms with Crippen molar-refractivity contribution < 1.29 is 167 Å². The van der Waals surface area contributed by atoms with E-state index in [0.29, 0.717) is 64.2 Å². The van der Waals surface area contributed by atoms with Crippen LogP contribution in [0.3, 0.4) is 0 Å². The summed E-state index contributed by atoms with van der Waals surface area (Å²) in [5, 5.41) is 27.5. The van der Waals surface area contributed by atoms with Crippen molar-refractivity contribution in [2.24, 2.45) is 0 Å². The second kappa shape index (κ2) is 66.1. The Kier molecular flexibility index (Phi) is 57.6. The standard InChI is InChI=1S/C87H137N11O35/c1-53(49-121-57(5)102)125-85(77(97-56(4)101)86(130-64(12)109)131-65(13)110)120-46-27-17-22-35-71(112)89-39-29-42-92-74(115)48-98(47-73(114)91-41-28-38-88-70(111)34-20-15-25-44-118-83-75(95-54(2)99)80(128-62(10)107)78(126-60(8)105)68(132-83)51-122-58(6)103)67(33-23-24-37-94-87(117)124-50-66-31-18-14-19-32-66)82(116)93-43-30-40-90-72(113)36-21-16-26-45-119-84-76(96-55(3)100)81(129-63(11)108)79(127-61(9)106)69(133-84)52-123-59(7)104/h14,18-19,31-32,53,67-69,75-81,83-86H,15-17,20-30,33-52H2,1-13H3,(H,88,111)(H,89,112)(H,90,113)(H,91,114)(H,92,115)(H,93,116)(H,94,117)(H,95,99)(H,96,100)(H,97,101). The molecule has 46 nitrogen and oxygen atoms in total. The van der Waals surface area contributed by atoms with Crippen LogP contribution in [0.4, 0.5) is 4.79 Å². The van der Waals surface area contributed by atoms with Crippen LogP contribution in [0.25, 0.3) is 0 Å². The Morgan fingerprint density at radius 3 is 1.18 bits per heavy atom. The average Bonchev–Trinajstić information content (AvgIpc) is 0.789. The summed E-state index contributed by atoms with van der Waals surface area (Å²) in [5.74, 6) is -11.1. The lowest BCUT2D eigenvalue weighted by Crippen LogP contribution is -2.66. The van der Waals surface area contributed by atoms with E-state index in [-0.39, 0.29) is 148 Å². The summed E-state index contributed by atoms with van der Waals surface area (Å²) in [6.07, 6.45) is -9.38. The molecule has 3 rings (SSSR count). The molecule has 0 aromatic heterocycles. The number of hydrogen-bond donors (Lipinski definition) is 10. The van der Waals surface area contributed by atoms with Crippen molar-refractivity contribution in [2.45, 2.75) is 304 Å². The van der Waals surface area contributed by atoms with Gasteiger partial charge in [0.05, 0.1) is 25.2 Å². The lowest BCUT2D eigenvalue weighted by Gasteiger charge is -2.44. The summed E-state index contributed by atoms with van der Waals surface area (Å²) in [5.41, 5.74) is 0.760. The van der Waals surface area contributed by atoms with Gasteiger partial charge in [-0.3, -0.25) is 91.2 Å². The van der Waals surface area contributed by atoms with Crippen LogP contribution in [-0.2, 0) is 169 Å². The molecule has 0 saturated carbocycles. The number of alkyl carbamates (subject to hydrolysis) is 1. The van der Waals surface area contributed by atoms with Gasteiger partial charge in [0, 0.05) is 168 Å². The second-order valence-electron chi connectivity index (χ2n) is 31.4. The number of carbonyl (C=O) groups excluding carboxylic acids is 19. The van der Waals surface area contributed by atoms with Crippen molar-refractivity contribution in [1.82, 2.24) is 58.1 Å². The van der Waals surface area contributed by atoms with Crippen LogP contribution in [0.1, 0.15) is 211 Å². The first-order valence-electron chi connectivity index (χ1n) is 44.6. The summed E-state index contributed by atoms with van der Waals surface area (Å²) in [4.78, 5) is 241. The molecule has 2 saturated heterocycles. The maximum atomic E-state index is 14.6. The molecule has 10 amide bonds. The largest absolute Gasteiger partial charge is 0.463 e. The van der Waals surface area contributed by atoms with Gasteiger partial charge in [-0.25, -0.2) is 4.79 Å². The lowest BCUT2D eigenvalue weighted by molar-refractivity contribution is -0.277. The van der Waals surface area contributed by atoms with E-state index in [9.17, 15) is 91.1 Å². The molecule has 0 spiro atoms. The van der Waals surface area contributed by atoms with Gasteiger partial charge in [0.15, 0.2) is 49.3 Å². The number of rotatable bonds is 65. The zero-order valence-corrected chi connectivity index (χ0v) is 78.3. The Balaban J connectivity index is 1.74. The van der Waals surface area contributed by atoms with E-state index in [1.54, 1.807) is 31.2 Å². The maximum Gasteiger partial charge on any atom is 0.407 e. The molecule has 750 valence electrons. The van der Waals surface area contributed by atoms with Gasteiger partial charge in [-0.05, 0) is 89.5 Å². The second-order valence-corrected chi connectivity index (χ2v) is 31.4. The predicted molar refractivity (Wildman–Crippen MR) is 463 cm³/mol. The van der Waals surface area contributed by atoms with Crippen molar-refractivity contribution in [1.29, 1.82) is 0 Å². The van der Waals surface area contributed by atoms with Crippen molar-refractivity contribution in [3.05, 3.63) is 35.9 Å². The van der Waals surface area contributed by atoms with Crippen LogP contribution in [-0.4, -0.2) is 308 Å². The normalized spacial score (nSPS) is 18.7. The van der Waals surface area contributed by atoms with E-state index in [1.807, 2.05) is 6.07 Å². The van der Waals surface area contributed by atoms with Crippen LogP contribution in [0.2, 0.25) is 0 Å². The molecule has 14 atom stereocenters. The number of nitrogens with one attached hydrogen (secondary N) is 10. The lowest BCUT2D eigenvalue weighted by atomic mass is 9.96. The summed E-state index contributed by atoms with van der Waals surface area (Å²) < 4.78 is 89.2.